The normalized spacial score (nSPS) is 17.8. The molecule has 2 N–H and O–H groups in total. The van der Waals surface area contributed by atoms with E-state index in [0.717, 1.165) is 12.3 Å². The van der Waals surface area contributed by atoms with Gasteiger partial charge < -0.3 is 0 Å². The van der Waals surface area contributed by atoms with Crippen LogP contribution in [0.15, 0.2) is 34.5 Å². The number of hydrogen-bond acceptors (Lipinski definition) is 4. The minimum absolute atomic E-state index is 0.00318. The molecule has 0 saturated heterocycles. The maximum absolute atomic E-state index is 12.8. The zero-order valence-electron chi connectivity index (χ0n) is 12.7. The molecule has 0 fully saturated rings. The van der Waals surface area contributed by atoms with Gasteiger partial charge in [0.15, 0.2) is 0 Å². The standard InChI is InChI=1S/C15H15F3N4O2/c1-9-11(14(24)22-20-9)6-7-13(23)21-19-8-10-4-2-3-5-12(10)15(16,17)18/h2-5,8,11H,6-7H2,1H3,(H,21,23)(H,22,24)/b19-8-. The van der Waals surface area contributed by atoms with Crippen LogP contribution in [0.1, 0.15) is 30.9 Å². The van der Waals surface area contributed by atoms with Crippen LogP contribution in [0.2, 0.25) is 0 Å². The predicted octanol–water partition coefficient (Wildman–Crippen LogP) is 2.06. The molecular formula is C15H15F3N4O2. The van der Waals surface area contributed by atoms with Gasteiger partial charge in [0.25, 0.3) is 0 Å². The third kappa shape index (κ3) is 4.40. The van der Waals surface area contributed by atoms with Crippen molar-refractivity contribution in [3.8, 4) is 0 Å². The van der Waals surface area contributed by atoms with Crippen molar-refractivity contribution >= 4 is 23.7 Å². The van der Waals surface area contributed by atoms with Gasteiger partial charge in [0, 0.05) is 17.7 Å². The van der Waals surface area contributed by atoms with Crippen molar-refractivity contribution in [2.45, 2.75) is 25.9 Å². The Morgan fingerprint density at radius 1 is 1.42 bits per heavy atom. The van der Waals surface area contributed by atoms with Crippen LogP contribution in [0, 0.1) is 5.92 Å². The summed E-state index contributed by atoms with van der Waals surface area (Å²) in [4.78, 5) is 23.1. The number of amides is 2. The Balaban J connectivity index is 1.89. The van der Waals surface area contributed by atoms with Gasteiger partial charge in [0.2, 0.25) is 11.8 Å². The molecule has 1 unspecified atom stereocenters. The van der Waals surface area contributed by atoms with E-state index in [-0.39, 0.29) is 24.3 Å². The van der Waals surface area contributed by atoms with Crippen LogP contribution in [-0.4, -0.2) is 23.7 Å². The molecule has 0 radical (unpaired) electrons. The third-order valence-corrected chi connectivity index (χ3v) is 3.48. The van der Waals surface area contributed by atoms with Crippen molar-refractivity contribution in [2.24, 2.45) is 16.1 Å². The summed E-state index contributed by atoms with van der Waals surface area (Å²) in [5.74, 6) is -1.24. The van der Waals surface area contributed by atoms with Crippen LogP contribution in [0.3, 0.4) is 0 Å². The fraction of sp³-hybridized carbons (Fsp3) is 0.333. The molecule has 1 aliphatic heterocycles. The van der Waals surface area contributed by atoms with Crippen molar-refractivity contribution in [1.29, 1.82) is 0 Å². The number of nitrogens with one attached hydrogen (secondary N) is 2. The fourth-order valence-electron chi connectivity index (χ4n) is 2.20. The average molecular weight is 340 g/mol. The number of carbonyl (C=O) groups excluding carboxylic acids is 2. The lowest BCUT2D eigenvalue weighted by atomic mass is 9.99. The van der Waals surface area contributed by atoms with Gasteiger partial charge >= 0.3 is 6.18 Å². The first-order valence-electron chi connectivity index (χ1n) is 7.11. The summed E-state index contributed by atoms with van der Waals surface area (Å²) < 4.78 is 38.4. The summed E-state index contributed by atoms with van der Waals surface area (Å²) in [6.45, 7) is 1.67. The first kappa shape index (κ1) is 17.6. The molecule has 0 saturated carbocycles. The molecule has 1 aromatic rings. The second-order valence-electron chi connectivity index (χ2n) is 5.20. The summed E-state index contributed by atoms with van der Waals surface area (Å²) in [5, 5.41) is 7.30. The van der Waals surface area contributed by atoms with Crippen molar-refractivity contribution in [3.63, 3.8) is 0 Å². The highest BCUT2D eigenvalue weighted by Gasteiger charge is 2.32. The smallest absolute Gasteiger partial charge is 0.273 e. The highest BCUT2D eigenvalue weighted by molar-refractivity contribution is 6.07. The van der Waals surface area contributed by atoms with Crippen molar-refractivity contribution < 1.29 is 22.8 Å². The van der Waals surface area contributed by atoms with E-state index in [1.165, 1.54) is 18.2 Å². The molecule has 2 rings (SSSR count). The summed E-state index contributed by atoms with van der Waals surface area (Å²) in [5.41, 5.74) is 4.07. The van der Waals surface area contributed by atoms with Gasteiger partial charge in [-0.3, -0.25) is 9.59 Å². The van der Waals surface area contributed by atoms with Gasteiger partial charge in [-0.2, -0.15) is 23.4 Å². The van der Waals surface area contributed by atoms with E-state index in [1.54, 1.807) is 6.92 Å². The Hall–Kier alpha value is -2.71. The number of alkyl halides is 3. The van der Waals surface area contributed by atoms with Gasteiger partial charge in [-0.25, -0.2) is 10.9 Å². The minimum Gasteiger partial charge on any atom is -0.273 e. The Morgan fingerprint density at radius 2 is 2.12 bits per heavy atom. The second kappa shape index (κ2) is 7.24. The maximum atomic E-state index is 12.8. The topological polar surface area (TPSA) is 82.9 Å². The average Bonchev–Trinajstić information content (AvgIpc) is 2.83. The SMILES string of the molecule is CC1=NNC(=O)C1CCC(=O)N/N=C\c1ccccc1C(F)(F)F. The van der Waals surface area contributed by atoms with E-state index in [9.17, 15) is 22.8 Å². The molecule has 0 bridgehead atoms. The van der Waals surface area contributed by atoms with Crippen molar-refractivity contribution in [3.05, 3.63) is 35.4 Å². The van der Waals surface area contributed by atoms with Crippen LogP contribution in [-0.2, 0) is 15.8 Å². The van der Waals surface area contributed by atoms with E-state index < -0.39 is 23.6 Å². The van der Waals surface area contributed by atoms with Crippen LogP contribution < -0.4 is 10.9 Å². The van der Waals surface area contributed by atoms with Gasteiger partial charge in [0.1, 0.15) is 0 Å². The van der Waals surface area contributed by atoms with Crippen molar-refractivity contribution in [1.82, 2.24) is 10.9 Å². The largest absolute Gasteiger partial charge is 0.417 e. The Bertz CT molecular complexity index is 698. The molecular weight excluding hydrogens is 325 g/mol. The Kier molecular flexibility index (Phi) is 5.32. The number of rotatable bonds is 5. The molecule has 6 nitrogen and oxygen atoms in total. The molecule has 0 aliphatic carbocycles. The second-order valence-corrected chi connectivity index (χ2v) is 5.20. The number of hydrogen-bond donors (Lipinski definition) is 2. The van der Waals surface area contributed by atoms with E-state index in [0.29, 0.717) is 5.71 Å². The molecule has 0 aromatic heterocycles. The molecule has 9 heteroatoms. The van der Waals surface area contributed by atoms with Gasteiger partial charge in [0.05, 0.1) is 17.7 Å². The highest BCUT2D eigenvalue weighted by atomic mass is 19.4. The predicted molar refractivity (Wildman–Crippen MR) is 81.2 cm³/mol. The highest BCUT2D eigenvalue weighted by Crippen LogP contribution is 2.31. The summed E-state index contributed by atoms with van der Waals surface area (Å²) in [6, 6.07) is 4.90. The van der Waals surface area contributed by atoms with E-state index >= 15 is 0 Å². The molecule has 1 atom stereocenters. The molecule has 0 spiro atoms. The lowest BCUT2D eigenvalue weighted by Crippen LogP contribution is -2.25. The molecule has 2 amide bonds. The molecule has 128 valence electrons. The summed E-state index contributed by atoms with van der Waals surface area (Å²) >= 11 is 0. The number of carbonyl (C=O) groups is 2. The first-order valence-corrected chi connectivity index (χ1v) is 7.11. The zero-order chi connectivity index (χ0) is 17.7. The number of halogens is 3. The summed E-state index contributed by atoms with van der Waals surface area (Å²) in [7, 11) is 0. The molecule has 1 aliphatic rings. The monoisotopic (exact) mass is 340 g/mol. The molecule has 1 aromatic carbocycles. The van der Waals surface area contributed by atoms with Gasteiger partial charge in [-0.05, 0) is 19.4 Å². The Labute approximate surface area is 135 Å². The lowest BCUT2D eigenvalue weighted by molar-refractivity contribution is -0.137. The number of hydrazone groups is 2. The fourth-order valence-corrected chi connectivity index (χ4v) is 2.20. The quantitative estimate of drug-likeness (QED) is 0.635. The van der Waals surface area contributed by atoms with Gasteiger partial charge in [-0.1, -0.05) is 18.2 Å². The van der Waals surface area contributed by atoms with Crippen molar-refractivity contribution in [2.75, 3.05) is 0 Å². The maximum Gasteiger partial charge on any atom is 0.417 e. The van der Waals surface area contributed by atoms with E-state index in [4.69, 9.17) is 0 Å². The van der Waals surface area contributed by atoms with Crippen LogP contribution in [0.5, 0.6) is 0 Å². The Morgan fingerprint density at radius 3 is 2.75 bits per heavy atom. The van der Waals surface area contributed by atoms with E-state index in [1.807, 2.05) is 0 Å². The van der Waals surface area contributed by atoms with Gasteiger partial charge in [-0.15, -0.1) is 0 Å². The first-order chi connectivity index (χ1) is 11.3. The van der Waals surface area contributed by atoms with Crippen LogP contribution in [0.4, 0.5) is 13.2 Å². The van der Waals surface area contributed by atoms with Crippen LogP contribution in [0.25, 0.3) is 0 Å². The molecule has 1 heterocycles. The minimum atomic E-state index is -4.50. The van der Waals surface area contributed by atoms with Crippen LogP contribution >= 0.6 is 0 Å². The lowest BCUT2D eigenvalue weighted by Gasteiger charge is -2.09. The summed E-state index contributed by atoms with van der Waals surface area (Å²) in [6.07, 6.45) is -3.31. The number of nitrogens with zero attached hydrogens (tertiary/aromatic N) is 2. The molecule has 24 heavy (non-hydrogen) atoms. The number of benzene rings is 1. The third-order valence-electron chi connectivity index (χ3n) is 3.48. The van der Waals surface area contributed by atoms with E-state index in [2.05, 4.69) is 21.1 Å². The zero-order valence-corrected chi connectivity index (χ0v) is 12.7.